The second-order valence-electron chi connectivity index (χ2n) is 6.55. The minimum absolute atomic E-state index is 0.483. The largest absolute Gasteiger partial charge is 0.351 e. The monoisotopic (exact) mass is 291 g/mol. The smallest absolute Gasteiger partial charge is 0.147 e. The second kappa shape index (κ2) is 7.71. The van der Waals surface area contributed by atoms with Crippen LogP contribution in [0.2, 0.25) is 0 Å². The van der Waals surface area contributed by atoms with Crippen molar-refractivity contribution >= 4 is 5.82 Å². The lowest BCUT2D eigenvalue weighted by molar-refractivity contribution is 0.337. The van der Waals surface area contributed by atoms with E-state index in [9.17, 15) is 0 Å². The highest BCUT2D eigenvalue weighted by atomic mass is 15.3. The van der Waals surface area contributed by atoms with E-state index in [2.05, 4.69) is 52.9 Å². The molecule has 1 saturated heterocycles. The summed E-state index contributed by atoms with van der Waals surface area (Å²) >= 11 is 0. The summed E-state index contributed by atoms with van der Waals surface area (Å²) in [6, 6.07) is 0.483. The molecule has 118 valence electrons. The van der Waals surface area contributed by atoms with E-state index in [0.29, 0.717) is 12.0 Å². The van der Waals surface area contributed by atoms with E-state index in [1.807, 2.05) is 12.4 Å². The Morgan fingerprint density at radius 3 is 2.76 bits per heavy atom. The molecule has 1 atom stereocenters. The standard InChI is InChI=1S/C16H29N5/c1-13(2)8-17-9-15-10-19-16(11-18-15)21-7-5-6-20(4)12-14(21)3/h10-11,13-14,17H,5-9,12H2,1-4H3. The van der Waals surface area contributed by atoms with Gasteiger partial charge in [-0.3, -0.25) is 4.98 Å². The Kier molecular flexibility index (Phi) is 5.94. The lowest BCUT2D eigenvalue weighted by Gasteiger charge is -2.28. The molecule has 0 amide bonds. The molecule has 1 aliphatic heterocycles. The van der Waals surface area contributed by atoms with Crippen molar-refractivity contribution in [3.63, 3.8) is 0 Å². The van der Waals surface area contributed by atoms with Gasteiger partial charge in [0.2, 0.25) is 0 Å². The third-order valence-corrected chi connectivity index (χ3v) is 3.89. The summed E-state index contributed by atoms with van der Waals surface area (Å²) in [5.74, 6) is 1.66. The van der Waals surface area contributed by atoms with E-state index in [0.717, 1.165) is 44.2 Å². The van der Waals surface area contributed by atoms with Crippen molar-refractivity contribution in [2.75, 3.05) is 38.1 Å². The van der Waals surface area contributed by atoms with Crippen LogP contribution in [0, 0.1) is 5.92 Å². The van der Waals surface area contributed by atoms with Gasteiger partial charge in [-0.2, -0.15) is 0 Å². The number of likely N-dealkylation sites (N-methyl/N-ethyl adjacent to an activating group) is 1. The van der Waals surface area contributed by atoms with E-state index >= 15 is 0 Å². The second-order valence-corrected chi connectivity index (χ2v) is 6.55. The first-order chi connectivity index (χ1) is 10.1. The van der Waals surface area contributed by atoms with Gasteiger partial charge in [-0.15, -0.1) is 0 Å². The number of aromatic nitrogens is 2. The molecular weight excluding hydrogens is 262 g/mol. The van der Waals surface area contributed by atoms with Crippen LogP contribution in [0.1, 0.15) is 32.9 Å². The maximum atomic E-state index is 4.62. The molecule has 1 unspecified atom stereocenters. The molecule has 0 saturated carbocycles. The van der Waals surface area contributed by atoms with Gasteiger partial charge in [-0.25, -0.2) is 4.98 Å². The van der Waals surface area contributed by atoms with E-state index in [1.165, 1.54) is 6.42 Å². The van der Waals surface area contributed by atoms with E-state index < -0.39 is 0 Å². The summed E-state index contributed by atoms with van der Waals surface area (Å²) in [6.07, 6.45) is 5.01. The van der Waals surface area contributed by atoms with Crippen LogP contribution in [-0.4, -0.2) is 54.1 Å². The Morgan fingerprint density at radius 2 is 2.10 bits per heavy atom. The maximum absolute atomic E-state index is 4.62. The number of nitrogens with zero attached hydrogens (tertiary/aromatic N) is 4. The molecule has 0 radical (unpaired) electrons. The Labute approximate surface area is 128 Å². The zero-order valence-corrected chi connectivity index (χ0v) is 13.8. The highest BCUT2D eigenvalue weighted by Gasteiger charge is 2.20. The van der Waals surface area contributed by atoms with Gasteiger partial charge >= 0.3 is 0 Å². The predicted molar refractivity (Wildman–Crippen MR) is 87.5 cm³/mol. The summed E-state index contributed by atoms with van der Waals surface area (Å²) in [6.45, 7) is 11.8. The minimum Gasteiger partial charge on any atom is -0.351 e. The summed E-state index contributed by atoms with van der Waals surface area (Å²) in [5, 5.41) is 3.40. The molecule has 2 heterocycles. The highest BCUT2D eigenvalue weighted by molar-refractivity contribution is 5.37. The van der Waals surface area contributed by atoms with Crippen LogP contribution >= 0.6 is 0 Å². The van der Waals surface area contributed by atoms with Gasteiger partial charge in [0.1, 0.15) is 5.82 Å². The molecule has 0 bridgehead atoms. The molecule has 1 aromatic rings. The van der Waals surface area contributed by atoms with Crippen molar-refractivity contribution in [2.45, 2.75) is 39.8 Å². The molecule has 5 heteroatoms. The topological polar surface area (TPSA) is 44.3 Å². The Hall–Kier alpha value is -1.20. The number of hydrogen-bond acceptors (Lipinski definition) is 5. The van der Waals surface area contributed by atoms with E-state index in [4.69, 9.17) is 0 Å². The Morgan fingerprint density at radius 1 is 1.29 bits per heavy atom. The zero-order chi connectivity index (χ0) is 15.2. The van der Waals surface area contributed by atoms with Crippen molar-refractivity contribution in [3.05, 3.63) is 18.1 Å². The van der Waals surface area contributed by atoms with Crippen LogP contribution in [-0.2, 0) is 6.54 Å². The minimum atomic E-state index is 0.483. The highest BCUT2D eigenvalue weighted by Crippen LogP contribution is 2.16. The fraction of sp³-hybridized carbons (Fsp3) is 0.750. The van der Waals surface area contributed by atoms with Crippen molar-refractivity contribution in [2.24, 2.45) is 5.92 Å². The Bertz CT molecular complexity index is 417. The van der Waals surface area contributed by atoms with E-state index in [1.54, 1.807) is 0 Å². The van der Waals surface area contributed by atoms with Crippen LogP contribution in [0.3, 0.4) is 0 Å². The van der Waals surface area contributed by atoms with Gasteiger partial charge in [0, 0.05) is 25.7 Å². The molecule has 1 fully saturated rings. The van der Waals surface area contributed by atoms with Crippen molar-refractivity contribution < 1.29 is 0 Å². The fourth-order valence-corrected chi connectivity index (χ4v) is 2.79. The number of hydrogen-bond donors (Lipinski definition) is 1. The molecule has 21 heavy (non-hydrogen) atoms. The average molecular weight is 291 g/mol. The van der Waals surface area contributed by atoms with Gasteiger partial charge < -0.3 is 15.1 Å². The molecular formula is C16H29N5. The number of rotatable bonds is 5. The molecule has 0 spiro atoms. The maximum Gasteiger partial charge on any atom is 0.147 e. The lowest BCUT2D eigenvalue weighted by atomic mass is 10.2. The third kappa shape index (κ3) is 4.93. The first-order valence-corrected chi connectivity index (χ1v) is 8.03. The summed E-state index contributed by atoms with van der Waals surface area (Å²) in [7, 11) is 2.19. The fourth-order valence-electron chi connectivity index (χ4n) is 2.79. The quantitative estimate of drug-likeness (QED) is 0.895. The molecule has 1 aromatic heterocycles. The molecule has 1 aliphatic rings. The summed E-state index contributed by atoms with van der Waals surface area (Å²) in [5.41, 5.74) is 1.01. The normalized spacial score (nSPS) is 20.8. The molecule has 0 aromatic carbocycles. The molecule has 1 N–H and O–H groups in total. The molecule has 2 rings (SSSR count). The lowest BCUT2D eigenvalue weighted by Crippen LogP contribution is -2.38. The van der Waals surface area contributed by atoms with Gasteiger partial charge in [-0.1, -0.05) is 13.8 Å². The van der Waals surface area contributed by atoms with Crippen LogP contribution in [0.15, 0.2) is 12.4 Å². The summed E-state index contributed by atoms with van der Waals surface area (Å²) in [4.78, 5) is 13.9. The van der Waals surface area contributed by atoms with E-state index in [-0.39, 0.29) is 0 Å². The van der Waals surface area contributed by atoms with Crippen molar-refractivity contribution in [1.82, 2.24) is 20.2 Å². The SMILES string of the molecule is CC(C)CNCc1cnc(N2CCCN(C)CC2C)cn1. The van der Waals surface area contributed by atoms with Crippen LogP contribution in [0.4, 0.5) is 5.82 Å². The molecule has 0 aliphatic carbocycles. The van der Waals surface area contributed by atoms with Crippen molar-refractivity contribution in [1.29, 1.82) is 0 Å². The van der Waals surface area contributed by atoms with Gasteiger partial charge in [-0.05, 0) is 39.4 Å². The average Bonchev–Trinajstić information content (AvgIpc) is 2.60. The zero-order valence-electron chi connectivity index (χ0n) is 13.8. The number of anilines is 1. The van der Waals surface area contributed by atoms with Crippen LogP contribution in [0.25, 0.3) is 0 Å². The predicted octanol–water partition coefficient (Wildman–Crippen LogP) is 1.75. The van der Waals surface area contributed by atoms with Gasteiger partial charge in [0.25, 0.3) is 0 Å². The molecule has 5 nitrogen and oxygen atoms in total. The van der Waals surface area contributed by atoms with Gasteiger partial charge in [0.05, 0.1) is 18.1 Å². The Balaban J connectivity index is 1.94. The first kappa shape index (κ1) is 16.2. The summed E-state index contributed by atoms with van der Waals surface area (Å²) < 4.78 is 0. The van der Waals surface area contributed by atoms with Gasteiger partial charge in [0.15, 0.2) is 0 Å². The third-order valence-electron chi connectivity index (χ3n) is 3.89. The first-order valence-electron chi connectivity index (χ1n) is 8.03. The van der Waals surface area contributed by atoms with Crippen molar-refractivity contribution in [3.8, 4) is 0 Å². The van der Waals surface area contributed by atoms with Crippen LogP contribution in [0.5, 0.6) is 0 Å². The van der Waals surface area contributed by atoms with Crippen LogP contribution < -0.4 is 10.2 Å². The number of nitrogens with one attached hydrogen (secondary N) is 1.